The van der Waals surface area contributed by atoms with Crippen molar-refractivity contribution in [2.75, 3.05) is 19.6 Å². The van der Waals surface area contributed by atoms with Crippen LogP contribution in [0.25, 0.3) is 10.8 Å². The van der Waals surface area contributed by atoms with Crippen molar-refractivity contribution in [3.8, 4) is 0 Å². The van der Waals surface area contributed by atoms with Crippen LogP contribution in [0.15, 0.2) is 54.9 Å². The Hall–Kier alpha value is -2.37. The van der Waals surface area contributed by atoms with E-state index in [1.54, 1.807) is 0 Å². The van der Waals surface area contributed by atoms with Gasteiger partial charge < -0.3 is 10.2 Å². The van der Waals surface area contributed by atoms with E-state index in [1.807, 2.05) is 29.0 Å². The van der Waals surface area contributed by atoms with Crippen molar-refractivity contribution in [1.29, 1.82) is 0 Å². The number of nitrogens with zero attached hydrogens (tertiary/aromatic N) is 3. The number of halogens is 1. The topological polar surface area (TPSA) is 50.2 Å². The molecule has 1 aliphatic heterocycles. The Kier molecular flexibility index (Phi) is 6.37. The van der Waals surface area contributed by atoms with Crippen LogP contribution in [0.5, 0.6) is 0 Å². The maximum absolute atomic E-state index is 13.3. The molecule has 1 aliphatic rings. The molecule has 1 saturated heterocycles. The van der Waals surface area contributed by atoms with Gasteiger partial charge in [-0.1, -0.05) is 36.4 Å². The number of amides is 1. The fourth-order valence-corrected chi connectivity index (χ4v) is 4.06. The van der Waals surface area contributed by atoms with Crippen LogP contribution in [0.2, 0.25) is 0 Å². The monoisotopic (exact) mass is 398 g/mol. The first kappa shape index (κ1) is 20.4. The quantitative estimate of drug-likeness (QED) is 0.717. The summed E-state index contributed by atoms with van der Waals surface area (Å²) in [6, 6.07) is 14.8. The van der Waals surface area contributed by atoms with Crippen molar-refractivity contribution in [3.63, 3.8) is 0 Å². The first-order chi connectivity index (χ1) is 13.2. The van der Waals surface area contributed by atoms with E-state index >= 15 is 0 Å². The summed E-state index contributed by atoms with van der Waals surface area (Å²) in [4.78, 5) is 15.3. The Balaban J connectivity index is 0.00000225. The van der Waals surface area contributed by atoms with Gasteiger partial charge in [-0.2, -0.15) is 5.10 Å². The zero-order chi connectivity index (χ0) is 18.8. The molecule has 1 aromatic heterocycles. The Morgan fingerprint density at radius 1 is 1.21 bits per heavy atom. The lowest BCUT2D eigenvalue weighted by Crippen LogP contribution is -2.38. The SMILES string of the molecule is CCN(Cc1ccc2ccccc2c1)C(=O)[C@H]1CNC[C@@H]1c1cnn(C)c1.Cl. The summed E-state index contributed by atoms with van der Waals surface area (Å²) < 4.78 is 1.81. The molecule has 0 radical (unpaired) electrons. The van der Waals surface area contributed by atoms with Gasteiger partial charge in [0, 0.05) is 45.3 Å². The molecular weight excluding hydrogens is 372 g/mol. The van der Waals surface area contributed by atoms with E-state index in [1.165, 1.54) is 16.3 Å². The van der Waals surface area contributed by atoms with Crippen molar-refractivity contribution >= 4 is 29.1 Å². The highest BCUT2D eigenvalue weighted by atomic mass is 35.5. The number of carbonyl (C=O) groups is 1. The molecule has 0 bridgehead atoms. The predicted octanol–water partition coefficient (Wildman–Crippen LogP) is 3.35. The number of hydrogen-bond acceptors (Lipinski definition) is 3. The largest absolute Gasteiger partial charge is 0.338 e. The minimum atomic E-state index is -0.0328. The molecule has 0 spiro atoms. The lowest BCUT2D eigenvalue weighted by atomic mass is 9.89. The molecule has 148 valence electrons. The molecule has 2 heterocycles. The number of rotatable bonds is 5. The average molecular weight is 399 g/mol. The van der Waals surface area contributed by atoms with Gasteiger partial charge in [0.25, 0.3) is 0 Å². The molecule has 0 aliphatic carbocycles. The van der Waals surface area contributed by atoms with Crippen LogP contribution >= 0.6 is 12.4 Å². The molecule has 0 unspecified atom stereocenters. The normalized spacial score (nSPS) is 18.8. The molecule has 4 rings (SSSR count). The standard InChI is InChI=1S/C22H26N4O.ClH/c1-3-26(14-16-8-9-17-6-4-5-7-18(17)10-16)22(27)21-13-23-12-20(21)19-11-24-25(2)15-19;/h4-11,15,20-21,23H,3,12-14H2,1-2H3;1H/t20-,21+;/m1./s1. The molecular formula is C22H27ClN4O. The molecule has 2 atom stereocenters. The minimum Gasteiger partial charge on any atom is -0.338 e. The maximum Gasteiger partial charge on any atom is 0.227 e. The second-order valence-electron chi connectivity index (χ2n) is 7.35. The van der Waals surface area contributed by atoms with Crippen molar-refractivity contribution < 1.29 is 4.79 Å². The van der Waals surface area contributed by atoms with Gasteiger partial charge in [0.05, 0.1) is 12.1 Å². The first-order valence-electron chi connectivity index (χ1n) is 9.61. The van der Waals surface area contributed by atoms with Gasteiger partial charge in [0.15, 0.2) is 0 Å². The van der Waals surface area contributed by atoms with E-state index in [4.69, 9.17) is 0 Å². The molecule has 6 heteroatoms. The second-order valence-corrected chi connectivity index (χ2v) is 7.35. The van der Waals surface area contributed by atoms with E-state index in [0.717, 1.165) is 18.7 Å². The maximum atomic E-state index is 13.3. The van der Waals surface area contributed by atoms with Crippen LogP contribution in [0.4, 0.5) is 0 Å². The summed E-state index contributed by atoms with van der Waals surface area (Å²) in [6.45, 7) is 4.97. The van der Waals surface area contributed by atoms with E-state index in [2.05, 4.69) is 59.8 Å². The Morgan fingerprint density at radius 2 is 2.00 bits per heavy atom. The highest BCUT2D eigenvalue weighted by molar-refractivity contribution is 5.85. The first-order valence-corrected chi connectivity index (χ1v) is 9.61. The molecule has 28 heavy (non-hydrogen) atoms. The molecule has 5 nitrogen and oxygen atoms in total. The molecule has 0 saturated carbocycles. The lowest BCUT2D eigenvalue weighted by Gasteiger charge is -2.27. The number of nitrogens with one attached hydrogen (secondary N) is 1. The van der Waals surface area contributed by atoms with E-state index < -0.39 is 0 Å². The van der Waals surface area contributed by atoms with Gasteiger partial charge >= 0.3 is 0 Å². The summed E-state index contributed by atoms with van der Waals surface area (Å²) in [5, 5.41) is 10.1. The molecule has 1 N–H and O–H groups in total. The van der Waals surface area contributed by atoms with Crippen LogP contribution in [0.3, 0.4) is 0 Å². The fraction of sp³-hybridized carbons (Fsp3) is 0.364. The smallest absolute Gasteiger partial charge is 0.227 e. The van der Waals surface area contributed by atoms with Crippen molar-refractivity contribution in [2.24, 2.45) is 13.0 Å². The summed E-state index contributed by atoms with van der Waals surface area (Å²) >= 11 is 0. The summed E-state index contributed by atoms with van der Waals surface area (Å²) in [7, 11) is 1.92. The summed E-state index contributed by atoms with van der Waals surface area (Å²) in [5.74, 6) is 0.385. The summed E-state index contributed by atoms with van der Waals surface area (Å²) in [6.07, 6.45) is 3.91. The van der Waals surface area contributed by atoms with Crippen molar-refractivity contribution in [2.45, 2.75) is 19.4 Å². The number of hydrogen-bond donors (Lipinski definition) is 1. The van der Waals surface area contributed by atoms with Crippen LogP contribution in [0, 0.1) is 5.92 Å². The molecule has 3 aromatic rings. The van der Waals surface area contributed by atoms with Crippen molar-refractivity contribution in [1.82, 2.24) is 20.0 Å². The third-order valence-electron chi connectivity index (χ3n) is 5.57. The second kappa shape index (κ2) is 8.76. The van der Waals surface area contributed by atoms with Gasteiger partial charge in [0.1, 0.15) is 0 Å². The third kappa shape index (κ3) is 4.05. The summed E-state index contributed by atoms with van der Waals surface area (Å²) in [5.41, 5.74) is 2.32. The minimum absolute atomic E-state index is 0. The zero-order valence-electron chi connectivity index (χ0n) is 16.3. The number of benzene rings is 2. The molecule has 1 fully saturated rings. The van der Waals surface area contributed by atoms with E-state index in [9.17, 15) is 4.79 Å². The van der Waals surface area contributed by atoms with Crippen LogP contribution in [-0.2, 0) is 18.4 Å². The highest BCUT2D eigenvalue weighted by Crippen LogP contribution is 2.30. The van der Waals surface area contributed by atoms with Gasteiger partial charge in [-0.15, -0.1) is 12.4 Å². The van der Waals surface area contributed by atoms with Crippen LogP contribution < -0.4 is 5.32 Å². The Labute approximate surface area is 172 Å². The molecule has 1 amide bonds. The predicted molar refractivity (Wildman–Crippen MR) is 115 cm³/mol. The number of aryl methyl sites for hydroxylation is 1. The van der Waals surface area contributed by atoms with E-state index in [-0.39, 0.29) is 30.2 Å². The van der Waals surface area contributed by atoms with Gasteiger partial charge in [0.2, 0.25) is 5.91 Å². The van der Waals surface area contributed by atoms with Crippen molar-refractivity contribution in [3.05, 3.63) is 66.0 Å². The highest BCUT2D eigenvalue weighted by Gasteiger charge is 2.36. The van der Waals surface area contributed by atoms with Gasteiger partial charge in [-0.3, -0.25) is 9.48 Å². The number of aromatic nitrogens is 2. The number of fused-ring (bicyclic) bond motifs is 1. The van der Waals surface area contributed by atoms with Crippen LogP contribution in [0.1, 0.15) is 24.0 Å². The molecule has 2 aromatic carbocycles. The van der Waals surface area contributed by atoms with E-state index in [0.29, 0.717) is 13.1 Å². The zero-order valence-corrected chi connectivity index (χ0v) is 17.2. The van der Waals surface area contributed by atoms with Gasteiger partial charge in [-0.25, -0.2) is 0 Å². The lowest BCUT2D eigenvalue weighted by molar-refractivity contribution is -0.135. The fourth-order valence-electron chi connectivity index (χ4n) is 4.06. The Morgan fingerprint density at radius 3 is 2.71 bits per heavy atom. The Bertz CT molecular complexity index is 954. The van der Waals surface area contributed by atoms with Gasteiger partial charge in [-0.05, 0) is 34.9 Å². The average Bonchev–Trinajstić information content (AvgIpc) is 3.34. The number of carbonyl (C=O) groups excluding carboxylic acids is 1. The third-order valence-corrected chi connectivity index (χ3v) is 5.57. The van der Waals surface area contributed by atoms with Crippen LogP contribution in [-0.4, -0.2) is 40.2 Å².